The first-order valence-corrected chi connectivity index (χ1v) is 12.1. The lowest BCUT2D eigenvalue weighted by Gasteiger charge is -2.38. The van der Waals surface area contributed by atoms with E-state index in [0.29, 0.717) is 24.9 Å². The molecule has 0 radical (unpaired) electrons. The van der Waals surface area contributed by atoms with Crippen molar-refractivity contribution >= 4 is 14.3 Å². The first-order valence-electron chi connectivity index (χ1n) is 9.17. The Kier molecular flexibility index (Phi) is 8.25. The lowest BCUT2D eigenvalue weighted by Crippen LogP contribution is -2.42. The van der Waals surface area contributed by atoms with Crippen LogP contribution in [0.25, 0.3) is 0 Å². The van der Waals surface area contributed by atoms with Crippen molar-refractivity contribution in [1.29, 1.82) is 0 Å². The Labute approximate surface area is 143 Å². The predicted molar refractivity (Wildman–Crippen MR) is 98.1 cm³/mol. The summed E-state index contributed by atoms with van der Waals surface area (Å²) in [5.74, 6) is 1.17. The zero-order chi connectivity index (χ0) is 17.5. The molecular weight excluding hydrogens is 306 g/mol. The van der Waals surface area contributed by atoms with E-state index in [-0.39, 0.29) is 11.0 Å². The van der Waals surface area contributed by atoms with Crippen LogP contribution in [-0.2, 0) is 14.0 Å². The largest absolute Gasteiger partial charge is 0.466 e. The molecule has 1 aliphatic rings. The van der Waals surface area contributed by atoms with E-state index in [1.807, 2.05) is 6.92 Å². The van der Waals surface area contributed by atoms with Crippen LogP contribution in [0, 0.1) is 11.8 Å². The molecule has 0 aromatic rings. The van der Waals surface area contributed by atoms with Gasteiger partial charge in [0.15, 0.2) is 8.32 Å². The summed E-state index contributed by atoms with van der Waals surface area (Å²) in [6.07, 6.45) is 3.77. The highest BCUT2D eigenvalue weighted by molar-refractivity contribution is 6.74. The summed E-state index contributed by atoms with van der Waals surface area (Å²) in [5, 5.41) is 3.74. The first kappa shape index (κ1) is 20.7. The van der Waals surface area contributed by atoms with Gasteiger partial charge in [0.2, 0.25) is 0 Å². The van der Waals surface area contributed by atoms with Gasteiger partial charge in [0, 0.05) is 13.0 Å². The van der Waals surface area contributed by atoms with Gasteiger partial charge in [0.05, 0.1) is 6.61 Å². The fourth-order valence-corrected chi connectivity index (χ4v) is 3.97. The SMILES string of the molecule is CCOC(=O)CC[C@H]1CNCC[C@H]1CCO[Si](C)(C)C(C)(C)C. The van der Waals surface area contributed by atoms with E-state index in [1.165, 1.54) is 6.42 Å². The van der Waals surface area contributed by atoms with Crippen LogP contribution in [0.4, 0.5) is 0 Å². The molecule has 1 saturated heterocycles. The van der Waals surface area contributed by atoms with Crippen LogP contribution < -0.4 is 5.32 Å². The van der Waals surface area contributed by atoms with Crippen LogP contribution >= 0.6 is 0 Å². The van der Waals surface area contributed by atoms with Crippen LogP contribution in [0.3, 0.4) is 0 Å². The van der Waals surface area contributed by atoms with Crippen molar-refractivity contribution in [2.45, 2.75) is 71.5 Å². The van der Waals surface area contributed by atoms with E-state index in [0.717, 1.165) is 32.5 Å². The third-order valence-corrected chi connectivity index (χ3v) is 10.1. The molecule has 136 valence electrons. The summed E-state index contributed by atoms with van der Waals surface area (Å²) >= 11 is 0. The summed E-state index contributed by atoms with van der Waals surface area (Å²) in [5.41, 5.74) is 0. The van der Waals surface area contributed by atoms with Crippen molar-refractivity contribution in [2.75, 3.05) is 26.3 Å². The molecule has 1 rings (SSSR count). The number of nitrogens with one attached hydrogen (secondary N) is 1. The standard InChI is InChI=1S/C18H37NO3Si/c1-7-21-17(20)9-8-16-14-19-12-10-15(16)11-13-22-23(5,6)18(2,3)4/h15-16,19H,7-14H2,1-6H3/t15-,16-/m0/s1. The number of hydrogen-bond donors (Lipinski definition) is 1. The molecule has 1 fully saturated rings. The van der Waals surface area contributed by atoms with Gasteiger partial charge >= 0.3 is 5.97 Å². The molecule has 1 aliphatic heterocycles. The van der Waals surface area contributed by atoms with Gasteiger partial charge in [-0.1, -0.05) is 20.8 Å². The molecule has 0 aromatic heterocycles. The molecule has 0 saturated carbocycles. The van der Waals surface area contributed by atoms with Crippen LogP contribution in [0.15, 0.2) is 0 Å². The molecule has 2 atom stereocenters. The van der Waals surface area contributed by atoms with Crippen LogP contribution in [0.1, 0.15) is 53.4 Å². The predicted octanol–water partition coefficient (Wildman–Crippen LogP) is 3.97. The average molecular weight is 344 g/mol. The number of esters is 1. The second kappa shape index (κ2) is 9.18. The fraction of sp³-hybridized carbons (Fsp3) is 0.944. The van der Waals surface area contributed by atoms with E-state index < -0.39 is 8.32 Å². The molecule has 1 heterocycles. The van der Waals surface area contributed by atoms with E-state index >= 15 is 0 Å². The Balaban J connectivity index is 2.41. The fourth-order valence-electron chi connectivity index (χ4n) is 2.91. The Morgan fingerprint density at radius 2 is 1.91 bits per heavy atom. The number of rotatable bonds is 8. The number of carbonyl (C=O) groups is 1. The highest BCUT2D eigenvalue weighted by atomic mass is 28.4. The van der Waals surface area contributed by atoms with Gasteiger partial charge in [0.25, 0.3) is 0 Å². The maximum atomic E-state index is 11.6. The van der Waals surface area contributed by atoms with Crippen LogP contribution in [-0.4, -0.2) is 40.6 Å². The molecular formula is C18H37NO3Si. The highest BCUT2D eigenvalue weighted by Gasteiger charge is 2.37. The van der Waals surface area contributed by atoms with Crippen molar-refractivity contribution in [3.63, 3.8) is 0 Å². The van der Waals surface area contributed by atoms with Gasteiger partial charge in [-0.3, -0.25) is 4.79 Å². The summed E-state index contributed by atoms with van der Waals surface area (Å²) in [7, 11) is -1.65. The zero-order valence-electron chi connectivity index (χ0n) is 16.0. The van der Waals surface area contributed by atoms with E-state index in [4.69, 9.17) is 9.16 Å². The van der Waals surface area contributed by atoms with Crippen molar-refractivity contribution in [2.24, 2.45) is 11.8 Å². The first-order chi connectivity index (χ1) is 10.7. The Hall–Kier alpha value is -0.393. The topological polar surface area (TPSA) is 47.6 Å². The maximum Gasteiger partial charge on any atom is 0.305 e. The summed E-state index contributed by atoms with van der Waals surface area (Å²) in [6, 6.07) is 0. The van der Waals surface area contributed by atoms with Gasteiger partial charge in [-0.25, -0.2) is 0 Å². The quantitative estimate of drug-likeness (QED) is 0.535. The molecule has 4 nitrogen and oxygen atoms in total. The van der Waals surface area contributed by atoms with E-state index in [1.54, 1.807) is 0 Å². The summed E-state index contributed by atoms with van der Waals surface area (Å²) in [4.78, 5) is 11.6. The van der Waals surface area contributed by atoms with Gasteiger partial charge < -0.3 is 14.5 Å². The minimum atomic E-state index is -1.65. The molecule has 0 aliphatic carbocycles. The second-order valence-electron chi connectivity index (χ2n) is 8.25. The van der Waals surface area contributed by atoms with Crippen LogP contribution in [0.2, 0.25) is 18.1 Å². The molecule has 0 aromatic carbocycles. The summed E-state index contributed by atoms with van der Waals surface area (Å²) in [6.45, 7) is 16.8. The smallest absolute Gasteiger partial charge is 0.305 e. The lowest BCUT2D eigenvalue weighted by molar-refractivity contribution is -0.143. The van der Waals surface area contributed by atoms with E-state index in [9.17, 15) is 4.79 Å². The number of hydrogen-bond acceptors (Lipinski definition) is 4. The molecule has 0 spiro atoms. The molecule has 23 heavy (non-hydrogen) atoms. The molecule has 5 heteroatoms. The lowest BCUT2D eigenvalue weighted by atomic mass is 9.81. The third kappa shape index (κ3) is 6.94. The highest BCUT2D eigenvalue weighted by Crippen LogP contribution is 2.37. The van der Waals surface area contributed by atoms with Crippen molar-refractivity contribution in [1.82, 2.24) is 5.32 Å². The maximum absolute atomic E-state index is 11.6. The number of piperidine rings is 1. The van der Waals surface area contributed by atoms with Gasteiger partial charge in [0.1, 0.15) is 0 Å². The van der Waals surface area contributed by atoms with Crippen molar-refractivity contribution in [3.05, 3.63) is 0 Å². The third-order valence-electron chi connectivity index (χ3n) is 5.55. The molecule has 1 N–H and O–H groups in total. The molecule has 0 bridgehead atoms. The van der Waals surface area contributed by atoms with Crippen molar-refractivity contribution in [3.8, 4) is 0 Å². The monoisotopic (exact) mass is 343 g/mol. The van der Waals surface area contributed by atoms with Crippen molar-refractivity contribution < 1.29 is 14.0 Å². The second-order valence-corrected chi connectivity index (χ2v) is 13.1. The minimum absolute atomic E-state index is 0.0608. The normalized spacial score (nSPS) is 22.9. The average Bonchev–Trinajstić information content (AvgIpc) is 2.45. The Morgan fingerprint density at radius 1 is 1.22 bits per heavy atom. The van der Waals surface area contributed by atoms with Gasteiger partial charge in [-0.05, 0) is 69.2 Å². The zero-order valence-corrected chi connectivity index (χ0v) is 17.0. The number of ether oxygens (including phenoxy) is 1. The Morgan fingerprint density at radius 3 is 2.52 bits per heavy atom. The van der Waals surface area contributed by atoms with Crippen LogP contribution in [0.5, 0.6) is 0 Å². The van der Waals surface area contributed by atoms with Gasteiger partial charge in [-0.2, -0.15) is 0 Å². The van der Waals surface area contributed by atoms with Gasteiger partial charge in [-0.15, -0.1) is 0 Å². The summed E-state index contributed by atoms with van der Waals surface area (Å²) < 4.78 is 11.4. The molecule has 0 unspecified atom stereocenters. The van der Waals surface area contributed by atoms with E-state index in [2.05, 4.69) is 39.2 Å². The minimum Gasteiger partial charge on any atom is -0.466 e. The Bertz CT molecular complexity index is 366. The number of carbonyl (C=O) groups excluding carboxylic acids is 1. The molecule has 0 amide bonds.